The average Bonchev–Trinajstić information content (AvgIpc) is 1.64. The molecule has 0 bridgehead atoms. The Bertz CT molecular complexity index is 3730. The lowest BCUT2D eigenvalue weighted by molar-refractivity contribution is -0.139. The monoisotopic (exact) mass is 1400 g/mol. The van der Waals surface area contributed by atoms with Crippen molar-refractivity contribution in [2.24, 2.45) is 22.2 Å². The lowest BCUT2D eigenvalue weighted by atomic mass is 9.82. The van der Waals surface area contributed by atoms with Gasteiger partial charge >= 0.3 is 6.03 Å². The summed E-state index contributed by atoms with van der Waals surface area (Å²) in [4.78, 5) is 98.4. The van der Waals surface area contributed by atoms with Crippen LogP contribution in [0, 0.1) is 28.9 Å². The van der Waals surface area contributed by atoms with Gasteiger partial charge in [-0.2, -0.15) is 0 Å². The molecule has 1 aromatic heterocycles. The molecule has 0 aliphatic carbocycles. The van der Waals surface area contributed by atoms with Crippen LogP contribution in [0.15, 0.2) is 96.2 Å². The smallest absolute Gasteiger partial charge is 0.326 e. The van der Waals surface area contributed by atoms with E-state index in [1.165, 1.54) is 28.3 Å². The molecular formula is C73H93Cl2F2N15O7. The second kappa shape index (κ2) is 31.3. The molecule has 1 spiro atoms. The molecule has 12 rings (SSSR count). The van der Waals surface area contributed by atoms with E-state index in [9.17, 15) is 19.2 Å². The number of carbonyl (C=O) groups is 5. The number of anilines is 3. The van der Waals surface area contributed by atoms with Gasteiger partial charge < -0.3 is 60.1 Å². The Labute approximate surface area is 589 Å². The van der Waals surface area contributed by atoms with Gasteiger partial charge in [-0.15, -0.1) is 0 Å². The van der Waals surface area contributed by atoms with Gasteiger partial charge in [-0.1, -0.05) is 61.3 Å². The highest BCUT2D eigenvalue weighted by molar-refractivity contribution is 6.30. The fourth-order valence-corrected chi connectivity index (χ4v) is 15.4. The van der Waals surface area contributed by atoms with Gasteiger partial charge in [-0.05, 0) is 143 Å². The number of nitrogens with one attached hydrogen (secondary N) is 4. The van der Waals surface area contributed by atoms with Gasteiger partial charge in [-0.3, -0.25) is 34.0 Å². The predicted molar refractivity (Wildman–Crippen MR) is 379 cm³/mol. The Morgan fingerprint density at radius 3 is 2.08 bits per heavy atom. The number of amides is 6. The summed E-state index contributed by atoms with van der Waals surface area (Å²) in [7, 11) is 1.58. The summed E-state index contributed by atoms with van der Waals surface area (Å²) in [6.07, 6.45) is 6.45. The molecule has 26 heteroatoms. The molecule has 5 aromatic rings. The number of urea groups is 1. The molecule has 4 atom stereocenters. The summed E-state index contributed by atoms with van der Waals surface area (Å²) in [5.41, 5.74) is 2.31. The van der Waals surface area contributed by atoms with Gasteiger partial charge in [0.05, 0.1) is 49.1 Å². The zero-order valence-corrected chi connectivity index (χ0v) is 58.9. The van der Waals surface area contributed by atoms with Crippen LogP contribution in [0.5, 0.6) is 11.5 Å². The number of aliphatic imine (C=N–C) groups is 1. The van der Waals surface area contributed by atoms with Crippen LogP contribution in [0.25, 0.3) is 0 Å². The number of likely N-dealkylation sites (tertiary alicyclic amines) is 3. The molecule has 6 amide bonds. The number of halogens is 4. The number of benzene rings is 4. The van der Waals surface area contributed by atoms with E-state index < -0.39 is 35.3 Å². The second-order valence-corrected chi connectivity index (χ2v) is 29.6. The Hall–Kier alpha value is -7.90. The van der Waals surface area contributed by atoms with Gasteiger partial charge in [0.15, 0.2) is 0 Å². The normalized spacial score (nSPS) is 21.8. The minimum atomic E-state index is -0.649. The van der Waals surface area contributed by atoms with E-state index in [-0.39, 0.29) is 73.6 Å². The molecule has 6 saturated heterocycles. The quantitative estimate of drug-likeness (QED) is 0.0426. The minimum absolute atomic E-state index is 0.0254. The van der Waals surface area contributed by atoms with Crippen molar-refractivity contribution >= 4 is 76.0 Å². The molecule has 0 saturated carbocycles. The van der Waals surface area contributed by atoms with Crippen LogP contribution in [-0.2, 0) is 25.7 Å². The summed E-state index contributed by atoms with van der Waals surface area (Å²) >= 11 is 12.8. The predicted octanol–water partition coefficient (Wildman–Crippen LogP) is 8.64. The van der Waals surface area contributed by atoms with Crippen molar-refractivity contribution in [3.05, 3.63) is 135 Å². The van der Waals surface area contributed by atoms with Gasteiger partial charge in [-0.25, -0.2) is 23.5 Å². The Morgan fingerprint density at radius 2 is 1.39 bits per heavy atom. The molecule has 8 heterocycles. The van der Waals surface area contributed by atoms with E-state index >= 15 is 13.6 Å². The van der Waals surface area contributed by atoms with E-state index in [0.29, 0.717) is 134 Å². The maximum atomic E-state index is 15.8. The first-order valence-corrected chi connectivity index (χ1v) is 35.7. The largest absolute Gasteiger partial charge is 0.497 e. The van der Waals surface area contributed by atoms with E-state index in [1.807, 2.05) is 50.2 Å². The van der Waals surface area contributed by atoms with E-state index in [1.54, 1.807) is 53.3 Å². The highest BCUT2D eigenvalue weighted by Crippen LogP contribution is 2.46. The molecule has 7 aliphatic heterocycles. The van der Waals surface area contributed by atoms with Crippen LogP contribution < -0.4 is 40.5 Å². The lowest BCUT2D eigenvalue weighted by Crippen LogP contribution is -2.66. The van der Waals surface area contributed by atoms with Crippen molar-refractivity contribution in [1.29, 1.82) is 0 Å². The molecule has 530 valence electrons. The van der Waals surface area contributed by atoms with Crippen LogP contribution in [0.4, 0.5) is 30.9 Å². The number of amidine groups is 1. The number of nitrogens with zero attached hydrogens (tertiary/aromatic N) is 11. The molecule has 22 nitrogen and oxygen atoms in total. The zero-order valence-electron chi connectivity index (χ0n) is 57.4. The van der Waals surface area contributed by atoms with Crippen LogP contribution >= 0.6 is 23.2 Å². The van der Waals surface area contributed by atoms with Crippen molar-refractivity contribution in [3.8, 4) is 11.5 Å². The SMILES string of the molecule is COc1ccc(C2=N[C@@H](c3ccc(Cl)cc3)[C@@H](c3ccc(Cl)cc3)N2C(=O)N2CCN(CC(=O)NCCCN3C[C@@H]4CN(CCC(=O)NCCCNc5cc(N6CCC7(CC6)CN(c6cc(F)c(CN8CCC(C)(C)CC8)cc6F)CC(=O)N7)ncn5)C[C@@H]4C3)C(=O)C2)c(OC(C)C)c1. The van der Waals surface area contributed by atoms with Gasteiger partial charge in [0.1, 0.15) is 59.5 Å². The Kier molecular flexibility index (Phi) is 22.5. The van der Waals surface area contributed by atoms with Gasteiger partial charge in [0.2, 0.25) is 23.6 Å². The number of fused-ring (bicyclic) bond motifs is 1. The van der Waals surface area contributed by atoms with Crippen LogP contribution in [-0.4, -0.2) is 218 Å². The first-order valence-electron chi connectivity index (χ1n) is 35.0. The fourth-order valence-electron chi connectivity index (χ4n) is 15.1. The third-order valence-corrected chi connectivity index (χ3v) is 21.2. The van der Waals surface area contributed by atoms with Crippen molar-refractivity contribution in [1.82, 2.24) is 55.3 Å². The maximum absolute atomic E-state index is 15.8. The van der Waals surface area contributed by atoms with Crippen molar-refractivity contribution in [2.45, 2.75) is 103 Å². The minimum Gasteiger partial charge on any atom is -0.497 e. The van der Waals surface area contributed by atoms with Crippen LogP contribution in [0.3, 0.4) is 0 Å². The molecule has 7 aliphatic rings. The molecule has 99 heavy (non-hydrogen) atoms. The number of piperazine rings is 2. The Morgan fingerprint density at radius 1 is 0.717 bits per heavy atom. The molecule has 0 radical (unpaired) electrons. The second-order valence-electron chi connectivity index (χ2n) is 28.8. The highest BCUT2D eigenvalue weighted by atomic mass is 35.5. The standard InChI is InChI=1S/C73H93Cl2F2N15O7/c1-48(2)99-61-35-56(98-5)16-17-57(61)70-83-68(49-8-12-54(74)13-9-49)69(50-10-14-55(75)15-11-50)92(70)71(97)90-33-32-89(67(96)45-90)43-65(94)80-25-7-26-86-39-52-41-87(42-53(52)40-86)27-18-64(93)79-24-6-23-78-62-37-63(82-47-81-62)88-30-21-73(22-31-88)46-91(44-66(95)84-73)60-36-58(76)51(34-59(60)77)38-85-28-19-72(3,4)20-29-85/h8-17,34-37,47-48,52-53,68-69H,6-7,18-33,38-46H2,1-5H3,(H,79,93)(H,80,94)(H,84,95)(H,78,81,82)/t52-,53+,68-,69+/m0/s1. The molecule has 4 aromatic carbocycles. The first kappa shape index (κ1) is 70.9. The van der Waals surface area contributed by atoms with Crippen molar-refractivity contribution < 1.29 is 42.2 Å². The van der Waals surface area contributed by atoms with Gasteiger partial charge in [0.25, 0.3) is 0 Å². The number of aromatic nitrogens is 2. The average molecular weight is 1400 g/mol. The number of methoxy groups -OCH3 is 1. The van der Waals surface area contributed by atoms with E-state index in [4.69, 9.17) is 37.7 Å². The van der Waals surface area contributed by atoms with Crippen molar-refractivity contribution in [2.75, 3.05) is 147 Å². The third kappa shape index (κ3) is 17.5. The summed E-state index contributed by atoms with van der Waals surface area (Å²) in [6.45, 7) is 18.9. The first-order chi connectivity index (χ1) is 47.6. The topological polar surface area (TPSA) is 216 Å². The van der Waals surface area contributed by atoms with E-state index in [0.717, 1.165) is 82.0 Å². The van der Waals surface area contributed by atoms with Crippen molar-refractivity contribution in [3.63, 3.8) is 0 Å². The molecule has 4 N–H and O–H groups in total. The van der Waals surface area contributed by atoms with Gasteiger partial charge in [0, 0.05) is 132 Å². The van der Waals surface area contributed by atoms with E-state index in [2.05, 4.69) is 64.7 Å². The van der Waals surface area contributed by atoms with Crippen LogP contribution in [0.1, 0.15) is 107 Å². The number of carbonyl (C=O) groups excluding carboxylic acids is 5. The number of hydrogen-bond acceptors (Lipinski definition) is 16. The maximum Gasteiger partial charge on any atom is 0.326 e. The Balaban J connectivity index is 0.531. The summed E-state index contributed by atoms with van der Waals surface area (Å²) in [5, 5.41) is 13.8. The summed E-state index contributed by atoms with van der Waals surface area (Å²) < 4.78 is 43.2. The number of piperidine rings is 2. The molecule has 6 fully saturated rings. The molecule has 0 unspecified atom stereocenters. The number of rotatable bonds is 24. The fraction of sp³-hybridized carbons (Fsp3) is 0.534. The molecular weight excluding hydrogens is 1310 g/mol. The lowest BCUT2D eigenvalue weighted by Gasteiger charge is -2.48. The highest BCUT2D eigenvalue weighted by Gasteiger charge is 2.47. The third-order valence-electron chi connectivity index (χ3n) is 20.6. The van der Waals surface area contributed by atoms with Crippen LogP contribution in [0.2, 0.25) is 10.0 Å². The summed E-state index contributed by atoms with van der Waals surface area (Å²) in [5.74, 6) is 2.16. The number of hydrogen-bond donors (Lipinski definition) is 4. The summed E-state index contributed by atoms with van der Waals surface area (Å²) in [6, 6.07) is 23.0. The number of ether oxygens (including phenoxy) is 2. The zero-order chi connectivity index (χ0) is 69.5.